The number of benzene rings is 1. The van der Waals surface area contributed by atoms with Crippen LogP contribution in [0, 0.1) is 5.82 Å². The van der Waals surface area contributed by atoms with Gasteiger partial charge in [0.2, 0.25) is 0 Å². The minimum absolute atomic E-state index is 0.0667. The SMILES string of the molecule is CN1CCN(Cc2ncc(NC(=O)c3cc(C(=O)c4c(Cl)ccc(Cl)c4F)c[nH]3)cn2)CC1. The summed E-state index contributed by atoms with van der Waals surface area (Å²) in [6, 6.07) is 3.93. The largest absolute Gasteiger partial charge is 0.356 e. The van der Waals surface area contributed by atoms with Gasteiger partial charge in [0, 0.05) is 37.9 Å². The third-order valence-corrected chi connectivity index (χ3v) is 5.99. The van der Waals surface area contributed by atoms with E-state index in [1.165, 1.54) is 36.8 Å². The number of carbonyl (C=O) groups excluding carboxylic acids is 2. The fourth-order valence-corrected chi connectivity index (χ4v) is 3.83. The Balaban J connectivity index is 1.40. The maximum absolute atomic E-state index is 14.3. The van der Waals surface area contributed by atoms with Crippen LogP contribution in [0.4, 0.5) is 10.1 Å². The third-order valence-electron chi connectivity index (χ3n) is 5.38. The molecule has 0 unspecified atom stereocenters. The first-order valence-corrected chi connectivity index (χ1v) is 11.0. The summed E-state index contributed by atoms with van der Waals surface area (Å²) < 4.78 is 14.3. The molecule has 1 amide bonds. The van der Waals surface area contributed by atoms with Crippen LogP contribution in [-0.4, -0.2) is 69.7 Å². The van der Waals surface area contributed by atoms with Crippen LogP contribution in [0.2, 0.25) is 10.0 Å². The van der Waals surface area contributed by atoms with E-state index in [1.807, 2.05) is 0 Å². The molecule has 1 aliphatic heterocycles. The predicted octanol–water partition coefficient (Wildman–Crippen LogP) is 3.48. The standard InChI is InChI=1S/C22H21Cl2FN6O2/c1-30-4-6-31(7-5-30)12-18-27-10-14(11-28-18)29-22(33)17-8-13(9-26-17)21(32)19-15(23)2-3-16(24)20(19)25/h2-3,8-11,26H,4-7,12H2,1H3,(H,29,33). The van der Waals surface area contributed by atoms with E-state index < -0.39 is 17.5 Å². The third kappa shape index (κ3) is 5.39. The van der Waals surface area contributed by atoms with E-state index in [2.05, 4.69) is 37.1 Å². The molecule has 1 aliphatic rings. The van der Waals surface area contributed by atoms with Crippen LogP contribution in [0.1, 0.15) is 32.2 Å². The van der Waals surface area contributed by atoms with E-state index in [0.717, 1.165) is 26.2 Å². The maximum atomic E-state index is 14.3. The molecule has 2 N–H and O–H groups in total. The molecule has 3 heterocycles. The van der Waals surface area contributed by atoms with Gasteiger partial charge in [-0.05, 0) is 25.2 Å². The number of hydrogen-bond acceptors (Lipinski definition) is 6. The van der Waals surface area contributed by atoms with E-state index in [1.54, 1.807) is 0 Å². The molecule has 8 nitrogen and oxygen atoms in total. The Labute approximate surface area is 199 Å². The van der Waals surface area contributed by atoms with Gasteiger partial charge in [-0.15, -0.1) is 0 Å². The molecule has 0 aliphatic carbocycles. The van der Waals surface area contributed by atoms with Gasteiger partial charge in [0.05, 0.1) is 40.2 Å². The van der Waals surface area contributed by atoms with E-state index >= 15 is 0 Å². The van der Waals surface area contributed by atoms with Crippen LogP contribution in [-0.2, 0) is 6.54 Å². The average Bonchev–Trinajstić information content (AvgIpc) is 3.30. The summed E-state index contributed by atoms with van der Waals surface area (Å²) in [5.74, 6) is -1.42. The number of halogens is 3. The number of aromatic nitrogens is 3. The Hall–Kier alpha value is -2.85. The zero-order valence-electron chi connectivity index (χ0n) is 17.7. The summed E-state index contributed by atoms with van der Waals surface area (Å²) in [6.45, 7) is 4.57. The first kappa shape index (κ1) is 23.3. The number of anilines is 1. The highest BCUT2D eigenvalue weighted by Gasteiger charge is 2.22. The van der Waals surface area contributed by atoms with Crippen molar-refractivity contribution in [3.8, 4) is 0 Å². The number of aromatic amines is 1. The van der Waals surface area contributed by atoms with Gasteiger partial charge in [-0.2, -0.15) is 0 Å². The fourth-order valence-electron chi connectivity index (χ4n) is 3.44. The molecule has 33 heavy (non-hydrogen) atoms. The lowest BCUT2D eigenvalue weighted by Gasteiger charge is -2.31. The number of hydrogen-bond donors (Lipinski definition) is 2. The molecular formula is C22H21Cl2FN6O2. The number of nitrogens with zero attached hydrogens (tertiary/aromatic N) is 4. The van der Waals surface area contributed by atoms with Gasteiger partial charge >= 0.3 is 0 Å². The molecule has 2 aromatic heterocycles. The zero-order chi connectivity index (χ0) is 23.5. The Kier molecular flexibility index (Phi) is 7.04. The van der Waals surface area contributed by atoms with Crippen molar-refractivity contribution in [2.24, 2.45) is 0 Å². The number of nitrogens with one attached hydrogen (secondary N) is 2. The van der Waals surface area contributed by atoms with Crippen molar-refractivity contribution >= 4 is 40.6 Å². The first-order valence-electron chi connectivity index (χ1n) is 10.2. The van der Waals surface area contributed by atoms with Crippen LogP contribution in [0.15, 0.2) is 36.8 Å². The van der Waals surface area contributed by atoms with E-state index in [4.69, 9.17) is 23.2 Å². The summed E-state index contributed by atoms with van der Waals surface area (Å²) in [6.07, 6.45) is 4.38. The second-order valence-corrected chi connectivity index (χ2v) is 8.59. The summed E-state index contributed by atoms with van der Waals surface area (Å²) in [5.41, 5.74) is 0.244. The van der Waals surface area contributed by atoms with Gasteiger partial charge < -0.3 is 15.2 Å². The number of ketones is 1. The lowest BCUT2D eigenvalue weighted by Crippen LogP contribution is -2.44. The number of H-pyrrole nitrogens is 1. The average molecular weight is 491 g/mol. The topological polar surface area (TPSA) is 94.2 Å². The van der Waals surface area contributed by atoms with Gasteiger partial charge in [0.15, 0.2) is 11.6 Å². The van der Waals surface area contributed by atoms with Crippen LogP contribution >= 0.6 is 23.2 Å². The van der Waals surface area contributed by atoms with Crippen molar-refractivity contribution < 1.29 is 14.0 Å². The normalized spacial score (nSPS) is 14.9. The second kappa shape index (κ2) is 9.96. The molecule has 4 rings (SSSR count). The predicted molar refractivity (Wildman–Crippen MR) is 123 cm³/mol. The Bertz CT molecular complexity index is 1180. The van der Waals surface area contributed by atoms with Crippen molar-refractivity contribution in [3.05, 3.63) is 75.3 Å². The van der Waals surface area contributed by atoms with Crippen LogP contribution in [0.5, 0.6) is 0 Å². The van der Waals surface area contributed by atoms with E-state index in [9.17, 15) is 14.0 Å². The number of likely N-dealkylation sites (N-methyl/N-ethyl adjacent to an activating group) is 1. The molecule has 11 heteroatoms. The number of rotatable bonds is 6. The fraction of sp³-hybridized carbons (Fsp3) is 0.273. The first-order chi connectivity index (χ1) is 15.8. The van der Waals surface area contributed by atoms with Gasteiger partial charge in [0.25, 0.3) is 5.91 Å². The van der Waals surface area contributed by atoms with Gasteiger partial charge in [-0.1, -0.05) is 23.2 Å². The molecule has 3 aromatic rings. The Morgan fingerprint density at radius 1 is 1.12 bits per heavy atom. The zero-order valence-corrected chi connectivity index (χ0v) is 19.3. The second-order valence-electron chi connectivity index (χ2n) is 7.77. The minimum atomic E-state index is -0.907. The molecular weight excluding hydrogens is 470 g/mol. The maximum Gasteiger partial charge on any atom is 0.272 e. The monoisotopic (exact) mass is 490 g/mol. The summed E-state index contributed by atoms with van der Waals surface area (Å²) in [5, 5.41) is 2.39. The highest BCUT2D eigenvalue weighted by molar-refractivity contribution is 6.37. The Morgan fingerprint density at radius 2 is 1.79 bits per heavy atom. The highest BCUT2D eigenvalue weighted by atomic mass is 35.5. The molecule has 1 fully saturated rings. The molecule has 0 radical (unpaired) electrons. The smallest absolute Gasteiger partial charge is 0.272 e. The summed E-state index contributed by atoms with van der Waals surface area (Å²) in [4.78, 5) is 41.2. The van der Waals surface area contributed by atoms with Crippen LogP contribution in [0.3, 0.4) is 0 Å². The number of carbonyl (C=O) groups is 2. The quantitative estimate of drug-likeness (QED) is 0.405. The van der Waals surface area contributed by atoms with Crippen molar-refractivity contribution in [1.82, 2.24) is 24.8 Å². The Morgan fingerprint density at radius 3 is 2.48 bits per heavy atom. The molecule has 0 bridgehead atoms. The van der Waals surface area contributed by atoms with Crippen LogP contribution < -0.4 is 5.32 Å². The lowest BCUT2D eigenvalue weighted by atomic mass is 10.0. The minimum Gasteiger partial charge on any atom is -0.356 e. The van der Waals surface area contributed by atoms with E-state index in [-0.39, 0.29) is 26.9 Å². The van der Waals surface area contributed by atoms with E-state index in [0.29, 0.717) is 18.1 Å². The molecule has 1 saturated heterocycles. The molecule has 172 valence electrons. The molecule has 0 atom stereocenters. The number of amides is 1. The number of piperazine rings is 1. The van der Waals surface area contributed by atoms with Gasteiger partial charge in [-0.3, -0.25) is 14.5 Å². The van der Waals surface area contributed by atoms with Gasteiger partial charge in [0.1, 0.15) is 11.5 Å². The van der Waals surface area contributed by atoms with Crippen molar-refractivity contribution in [2.75, 3.05) is 38.5 Å². The lowest BCUT2D eigenvalue weighted by molar-refractivity contribution is 0.102. The molecule has 0 saturated carbocycles. The summed E-state index contributed by atoms with van der Waals surface area (Å²) in [7, 11) is 2.10. The molecule has 0 spiro atoms. The van der Waals surface area contributed by atoms with Crippen molar-refractivity contribution in [2.45, 2.75) is 6.54 Å². The van der Waals surface area contributed by atoms with Gasteiger partial charge in [-0.25, -0.2) is 14.4 Å². The van der Waals surface area contributed by atoms with Crippen molar-refractivity contribution in [1.29, 1.82) is 0 Å². The van der Waals surface area contributed by atoms with Crippen LogP contribution in [0.25, 0.3) is 0 Å². The molecule has 1 aromatic carbocycles. The van der Waals surface area contributed by atoms with Crippen molar-refractivity contribution in [3.63, 3.8) is 0 Å². The highest BCUT2D eigenvalue weighted by Crippen LogP contribution is 2.28. The summed E-state index contributed by atoms with van der Waals surface area (Å²) >= 11 is 11.7.